The summed E-state index contributed by atoms with van der Waals surface area (Å²) in [4.78, 5) is 0. The van der Waals surface area contributed by atoms with Gasteiger partial charge in [-0.2, -0.15) is 0 Å². The van der Waals surface area contributed by atoms with E-state index < -0.39 is 0 Å². The number of aliphatic hydroxyl groups is 1. The molecule has 0 saturated carbocycles. The van der Waals surface area contributed by atoms with Crippen molar-refractivity contribution >= 4 is 0 Å². The summed E-state index contributed by atoms with van der Waals surface area (Å²) < 4.78 is 0. The lowest BCUT2D eigenvalue weighted by Crippen LogP contribution is -1.92. The first-order valence-electron chi connectivity index (χ1n) is 5.35. The van der Waals surface area contributed by atoms with Crippen LogP contribution in [0.4, 0.5) is 0 Å². The fourth-order valence-electron chi connectivity index (χ4n) is 1.32. The number of hydrogen-bond donors (Lipinski definition) is 1. The van der Waals surface area contributed by atoms with E-state index in [-0.39, 0.29) is 6.61 Å². The van der Waals surface area contributed by atoms with Crippen LogP contribution >= 0.6 is 0 Å². The zero-order valence-electron chi connectivity index (χ0n) is 9.96. The molecule has 0 aliphatic carbocycles. The van der Waals surface area contributed by atoms with Crippen LogP contribution in [0, 0.1) is 6.92 Å². The predicted molar refractivity (Wildman–Crippen MR) is 62.5 cm³/mol. The Labute approximate surface area is 87.8 Å². The number of rotatable bonds is 2. The molecule has 14 heavy (non-hydrogen) atoms. The van der Waals surface area contributed by atoms with Gasteiger partial charge in [0.15, 0.2) is 0 Å². The Hall–Kier alpha value is -0.820. The Kier molecular flexibility index (Phi) is 6.22. The number of aliphatic hydroxyl groups excluding tert-OH is 1. The predicted octanol–water partition coefficient (Wildman–Crippen LogP) is 3.64. The highest BCUT2D eigenvalue weighted by Crippen LogP contribution is 2.17. The van der Waals surface area contributed by atoms with Crippen LogP contribution in [0.2, 0.25) is 0 Å². The first-order chi connectivity index (χ1) is 6.63. The summed E-state index contributed by atoms with van der Waals surface area (Å²) >= 11 is 0. The molecule has 0 atom stereocenters. The molecule has 0 heterocycles. The molecule has 0 aromatic heterocycles. The van der Waals surface area contributed by atoms with E-state index in [1.165, 1.54) is 11.1 Å². The van der Waals surface area contributed by atoms with Crippen molar-refractivity contribution < 1.29 is 5.11 Å². The molecule has 0 aliphatic rings. The van der Waals surface area contributed by atoms with Gasteiger partial charge in [-0.05, 0) is 24.0 Å². The second-order valence-corrected chi connectivity index (χ2v) is 3.56. The van der Waals surface area contributed by atoms with E-state index in [1.54, 1.807) is 0 Å². The van der Waals surface area contributed by atoms with Gasteiger partial charge in [-0.1, -0.05) is 51.5 Å². The number of aryl methyl sites for hydroxylation is 1. The van der Waals surface area contributed by atoms with E-state index in [1.807, 2.05) is 19.9 Å². The molecule has 0 aliphatic heterocycles. The van der Waals surface area contributed by atoms with Gasteiger partial charge in [-0.25, -0.2) is 0 Å². The van der Waals surface area contributed by atoms with Crippen LogP contribution in [0.3, 0.4) is 0 Å². The van der Waals surface area contributed by atoms with E-state index in [2.05, 4.69) is 32.9 Å². The summed E-state index contributed by atoms with van der Waals surface area (Å²) in [5, 5.41) is 8.97. The first-order valence-corrected chi connectivity index (χ1v) is 5.35. The maximum Gasteiger partial charge on any atom is 0.0682 e. The Morgan fingerprint density at radius 3 is 2.14 bits per heavy atom. The smallest absolute Gasteiger partial charge is 0.0682 e. The lowest BCUT2D eigenvalue weighted by molar-refractivity contribution is 0.281. The van der Waals surface area contributed by atoms with Gasteiger partial charge in [0.05, 0.1) is 6.61 Å². The minimum atomic E-state index is 0.140. The first kappa shape index (κ1) is 13.2. The minimum Gasteiger partial charge on any atom is -0.392 e. The van der Waals surface area contributed by atoms with Crippen LogP contribution in [0.15, 0.2) is 18.2 Å². The Morgan fingerprint density at radius 2 is 1.71 bits per heavy atom. The van der Waals surface area contributed by atoms with E-state index >= 15 is 0 Å². The monoisotopic (exact) mass is 194 g/mol. The van der Waals surface area contributed by atoms with Crippen molar-refractivity contribution in [2.75, 3.05) is 0 Å². The van der Waals surface area contributed by atoms with Crippen molar-refractivity contribution in [3.05, 3.63) is 34.9 Å². The third kappa shape index (κ3) is 3.93. The van der Waals surface area contributed by atoms with Crippen LogP contribution in [0.25, 0.3) is 0 Å². The van der Waals surface area contributed by atoms with E-state index in [0.29, 0.717) is 5.92 Å². The van der Waals surface area contributed by atoms with Crippen molar-refractivity contribution in [3.8, 4) is 0 Å². The molecule has 80 valence electrons. The highest BCUT2D eigenvalue weighted by atomic mass is 16.3. The Morgan fingerprint density at radius 1 is 1.14 bits per heavy atom. The molecule has 0 saturated heterocycles. The molecular formula is C13H22O. The van der Waals surface area contributed by atoms with Crippen molar-refractivity contribution in [3.63, 3.8) is 0 Å². The molecule has 0 radical (unpaired) electrons. The molecule has 1 aromatic carbocycles. The molecule has 0 fully saturated rings. The summed E-state index contributed by atoms with van der Waals surface area (Å²) in [5.41, 5.74) is 3.54. The highest BCUT2D eigenvalue weighted by molar-refractivity contribution is 5.30. The molecule has 0 spiro atoms. The number of hydrogen-bond acceptors (Lipinski definition) is 1. The fraction of sp³-hybridized carbons (Fsp3) is 0.538. The summed E-state index contributed by atoms with van der Waals surface area (Å²) in [6.07, 6.45) is 0. The summed E-state index contributed by atoms with van der Waals surface area (Å²) in [6.45, 7) is 10.5. The molecule has 1 N–H and O–H groups in total. The molecule has 0 amide bonds. The molecule has 1 heteroatoms. The van der Waals surface area contributed by atoms with Crippen LogP contribution in [0.5, 0.6) is 0 Å². The molecular weight excluding hydrogens is 172 g/mol. The average molecular weight is 194 g/mol. The third-order valence-electron chi connectivity index (χ3n) is 2.01. The van der Waals surface area contributed by atoms with Crippen LogP contribution < -0.4 is 0 Å². The topological polar surface area (TPSA) is 20.2 Å². The molecule has 0 bridgehead atoms. The van der Waals surface area contributed by atoms with Crippen molar-refractivity contribution in [1.82, 2.24) is 0 Å². The highest BCUT2D eigenvalue weighted by Gasteiger charge is 2.01. The van der Waals surface area contributed by atoms with E-state index in [9.17, 15) is 0 Å². The normalized spacial score (nSPS) is 9.64. The quantitative estimate of drug-likeness (QED) is 0.762. The largest absolute Gasteiger partial charge is 0.392 e. The van der Waals surface area contributed by atoms with Crippen molar-refractivity contribution in [1.29, 1.82) is 0 Å². The summed E-state index contributed by atoms with van der Waals surface area (Å²) in [6, 6.07) is 6.26. The van der Waals surface area contributed by atoms with Crippen LogP contribution in [0.1, 0.15) is 50.3 Å². The summed E-state index contributed by atoms with van der Waals surface area (Å²) in [7, 11) is 0. The fourth-order valence-corrected chi connectivity index (χ4v) is 1.32. The average Bonchev–Trinajstić information content (AvgIpc) is 2.20. The lowest BCUT2D eigenvalue weighted by atomic mass is 9.98. The van der Waals surface area contributed by atoms with Gasteiger partial charge in [0, 0.05) is 0 Å². The van der Waals surface area contributed by atoms with Gasteiger partial charge in [0.1, 0.15) is 0 Å². The van der Waals surface area contributed by atoms with E-state index in [4.69, 9.17) is 5.11 Å². The minimum absolute atomic E-state index is 0.140. The standard InChI is InChI=1S/C11H16O.C2H6/c1-8(2)11-5-9(3)4-10(6-11)7-12;1-2/h4-6,8,12H,7H2,1-3H3;1-2H3. The molecule has 1 nitrogen and oxygen atoms in total. The van der Waals surface area contributed by atoms with Gasteiger partial charge < -0.3 is 5.11 Å². The molecule has 0 unspecified atom stereocenters. The van der Waals surface area contributed by atoms with Crippen molar-refractivity contribution in [2.45, 2.75) is 47.1 Å². The van der Waals surface area contributed by atoms with Crippen LogP contribution in [-0.2, 0) is 6.61 Å². The second kappa shape index (κ2) is 6.61. The van der Waals surface area contributed by atoms with Crippen molar-refractivity contribution in [2.24, 2.45) is 0 Å². The third-order valence-corrected chi connectivity index (χ3v) is 2.01. The number of benzene rings is 1. The molecule has 1 aromatic rings. The van der Waals surface area contributed by atoms with Gasteiger partial charge in [-0.15, -0.1) is 0 Å². The van der Waals surface area contributed by atoms with Gasteiger partial charge in [0.25, 0.3) is 0 Å². The maximum atomic E-state index is 8.97. The summed E-state index contributed by atoms with van der Waals surface area (Å²) in [5.74, 6) is 0.537. The maximum absolute atomic E-state index is 8.97. The second-order valence-electron chi connectivity index (χ2n) is 3.56. The SMILES string of the molecule is CC.Cc1cc(CO)cc(C(C)C)c1. The van der Waals surface area contributed by atoms with Gasteiger partial charge >= 0.3 is 0 Å². The Bertz CT molecular complexity index is 264. The lowest BCUT2D eigenvalue weighted by Gasteiger charge is -2.08. The van der Waals surface area contributed by atoms with Gasteiger partial charge in [-0.3, -0.25) is 0 Å². The molecule has 1 rings (SSSR count). The zero-order valence-corrected chi connectivity index (χ0v) is 9.96. The zero-order chi connectivity index (χ0) is 11.1. The van der Waals surface area contributed by atoms with E-state index in [0.717, 1.165) is 5.56 Å². The Balaban J connectivity index is 0.000000791. The van der Waals surface area contributed by atoms with Gasteiger partial charge in [0.2, 0.25) is 0 Å². The van der Waals surface area contributed by atoms with Crippen LogP contribution in [-0.4, -0.2) is 5.11 Å².